The van der Waals surface area contributed by atoms with E-state index < -0.39 is 0 Å². The number of hydrogen-bond donors (Lipinski definition) is 1. The summed E-state index contributed by atoms with van der Waals surface area (Å²) in [6, 6.07) is 0. The van der Waals surface area contributed by atoms with E-state index >= 15 is 0 Å². The molecule has 0 saturated carbocycles. The summed E-state index contributed by atoms with van der Waals surface area (Å²) in [7, 11) is 0. The Morgan fingerprint density at radius 2 is 2.19 bits per heavy atom. The lowest BCUT2D eigenvalue weighted by molar-refractivity contribution is 0.0744. The van der Waals surface area contributed by atoms with E-state index in [0.29, 0.717) is 24.7 Å². The quantitative estimate of drug-likeness (QED) is 0.934. The van der Waals surface area contributed by atoms with Gasteiger partial charge in [-0.05, 0) is 12.8 Å². The van der Waals surface area contributed by atoms with Gasteiger partial charge in [0.1, 0.15) is 11.5 Å². The maximum atomic E-state index is 12.5. The van der Waals surface area contributed by atoms with Crippen molar-refractivity contribution in [3.8, 4) is 0 Å². The van der Waals surface area contributed by atoms with E-state index in [0.717, 1.165) is 29.2 Å². The van der Waals surface area contributed by atoms with Crippen molar-refractivity contribution in [2.45, 2.75) is 40.3 Å². The molecule has 1 amide bonds. The molecule has 2 aromatic heterocycles. The van der Waals surface area contributed by atoms with Gasteiger partial charge in [-0.2, -0.15) is 0 Å². The largest absolute Gasteiger partial charge is 0.348 e. The number of hydrogen-bond acceptors (Lipinski definition) is 4. The molecule has 0 atom stereocenters. The van der Waals surface area contributed by atoms with Crippen LogP contribution in [-0.4, -0.2) is 30.7 Å². The van der Waals surface area contributed by atoms with Gasteiger partial charge in [0.05, 0.1) is 18.6 Å². The zero-order valence-electron chi connectivity index (χ0n) is 12.6. The number of imidazole rings is 1. The van der Waals surface area contributed by atoms with Gasteiger partial charge in [0.2, 0.25) is 0 Å². The molecule has 0 unspecified atom stereocenters. The summed E-state index contributed by atoms with van der Waals surface area (Å²) in [5.41, 5.74) is 3.27. The number of nitrogens with one attached hydrogen (secondary N) is 1. The van der Waals surface area contributed by atoms with Crippen LogP contribution >= 0.6 is 0 Å². The number of aromatic nitrogens is 4. The van der Waals surface area contributed by atoms with Crippen molar-refractivity contribution in [2.24, 2.45) is 5.92 Å². The van der Waals surface area contributed by atoms with Gasteiger partial charge < -0.3 is 9.88 Å². The Balaban J connectivity index is 1.78. The van der Waals surface area contributed by atoms with E-state index in [9.17, 15) is 4.79 Å². The van der Waals surface area contributed by atoms with Crippen LogP contribution in [0.4, 0.5) is 0 Å². The van der Waals surface area contributed by atoms with Crippen molar-refractivity contribution < 1.29 is 4.79 Å². The number of fused-ring (bicyclic) bond motifs is 1. The Hall–Kier alpha value is -2.24. The highest BCUT2D eigenvalue weighted by Crippen LogP contribution is 2.22. The van der Waals surface area contributed by atoms with Crippen molar-refractivity contribution in [1.29, 1.82) is 0 Å². The number of H-pyrrole nitrogens is 1. The lowest BCUT2D eigenvalue weighted by atomic mass is 10.1. The lowest BCUT2D eigenvalue weighted by Gasteiger charge is -2.13. The van der Waals surface area contributed by atoms with Crippen molar-refractivity contribution in [3.63, 3.8) is 0 Å². The summed E-state index contributed by atoms with van der Waals surface area (Å²) in [6.07, 6.45) is 4.26. The minimum absolute atomic E-state index is 0.0582. The number of rotatable bonds is 3. The molecule has 0 bridgehead atoms. The topological polar surface area (TPSA) is 74.8 Å². The van der Waals surface area contributed by atoms with E-state index in [-0.39, 0.29) is 5.91 Å². The molecule has 6 nitrogen and oxygen atoms in total. The average Bonchev–Trinajstić information content (AvgIpc) is 3.02. The summed E-state index contributed by atoms with van der Waals surface area (Å²) in [5, 5.41) is 0. The molecule has 0 aromatic carbocycles. The van der Waals surface area contributed by atoms with E-state index in [2.05, 4.69) is 33.8 Å². The van der Waals surface area contributed by atoms with Gasteiger partial charge in [0, 0.05) is 30.4 Å². The molecule has 2 aromatic rings. The molecule has 21 heavy (non-hydrogen) atoms. The summed E-state index contributed by atoms with van der Waals surface area (Å²) in [6.45, 7) is 7.24. The van der Waals surface area contributed by atoms with Gasteiger partial charge in [0.15, 0.2) is 0 Å². The number of carbonyl (C=O) groups is 1. The summed E-state index contributed by atoms with van der Waals surface area (Å²) < 4.78 is 0. The van der Waals surface area contributed by atoms with Crippen molar-refractivity contribution in [1.82, 2.24) is 24.8 Å². The molecule has 0 saturated heterocycles. The van der Waals surface area contributed by atoms with Gasteiger partial charge in [-0.25, -0.2) is 15.0 Å². The molecule has 0 spiro atoms. The summed E-state index contributed by atoms with van der Waals surface area (Å²) in [5.74, 6) is 1.32. The number of aromatic amines is 1. The number of nitrogens with zero attached hydrogens (tertiary/aromatic N) is 4. The highest BCUT2D eigenvalue weighted by Gasteiger charge is 2.28. The van der Waals surface area contributed by atoms with Crippen LogP contribution in [0.3, 0.4) is 0 Å². The Morgan fingerprint density at radius 1 is 1.38 bits per heavy atom. The van der Waals surface area contributed by atoms with Crippen LogP contribution in [0, 0.1) is 12.8 Å². The van der Waals surface area contributed by atoms with Gasteiger partial charge in [-0.3, -0.25) is 4.79 Å². The Labute approximate surface area is 123 Å². The second kappa shape index (κ2) is 5.27. The third kappa shape index (κ3) is 2.66. The van der Waals surface area contributed by atoms with Crippen molar-refractivity contribution in [2.75, 3.05) is 0 Å². The van der Waals surface area contributed by atoms with Crippen LogP contribution in [0.25, 0.3) is 0 Å². The Bertz CT molecular complexity index is 676. The fourth-order valence-corrected chi connectivity index (χ4v) is 2.53. The van der Waals surface area contributed by atoms with E-state index in [4.69, 9.17) is 0 Å². The molecule has 110 valence electrons. The molecule has 3 heterocycles. The van der Waals surface area contributed by atoms with Crippen LogP contribution in [-0.2, 0) is 19.5 Å². The van der Waals surface area contributed by atoms with Gasteiger partial charge in [-0.1, -0.05) is 13.8 Å². The van der Waals surface area contributed by atoms with E-state index in [1.54, 1.807) is 11.2 Å². The third-order valence-corrected chi connectivity index (χ3v) is 3.62. The minimum atomic E-state index is -0.0582. The van der Waals surface area contributed by atoms with Crippen LogP contribution in [0.15, 0.2) is 12.5 Å². The smallest absolute Gasteiger partial charge is 0.274 e. The van der Waals surface area contributed by atoms with Crippen LogP contribution in [0.1, 0.15) is 47.1 Å². The van der Waals surface area contributed by atoms with Crippen LogP contribution < -0.4 is 0 Å². The summed E-state index contributed by atoms with van der Waals surface area (Å²) in [4.78, 5) is 30.2. The second-order valence-electron chi connectivity index (χ2n) is 5.89. The molecule has 0 aliphatic carbocycles. The molecule has 6 heteroatoms. The SMILES string of the molecule is Cc1[nH]cnc1C(=O)N1Cc2cnc(CC(C)C)nc2C1. The van der Waals surface area contributed by atoms with Crippen molar-refractivity contribution >= 4 is 5.91 Å². The van der Waals surface area contributed by atoms with Crippen LogP contribution in [0.2, 0.25) is 0 Å². The highest BCUT2D eigenvalue weighted by atomic mass is 16.2. The zero-order chi connectivity index (χ0) is 15.0. The second-order valence-corrected chi connectivity index (χ2v) is 5.89. The number of carbonyl (C=O) groups excluding carboxylic acids is 1. The Morgan fingerprint density at radius 3 is 2.86 bits per heavy atom. The minimum Gasteiger partial charge on any atom is -0.348 e. The highest BCUT2D eigenvalue weighted by molar-refractivity contribution is 5.93. The number of aryl methyl sites for hydroxylation is 1. The first-order chi connectivity index (χ1) is 10.0. The lowest BCUT2D eigenvalue weighted by Crippen LogP contribution is -2.26. The third-order valence-electron chi connectivity index (χ3n) is 3.62. The maximum Gasteiger partial charge on any atom is 0.274 e. The molecule has 1 N–H and O–H groups in total. The maximum absolute atomic E-state index is 12.5. The molecule has 1 aliphatic rings. The predicted octanol–water partition coefficient (Wildman–Crippen LogP) is 1.86. The van der Waals surface area contributed by atoms with Gasteiger partial charge in [0.25, 0.3) is 5.91 Å². The zero-order valence-corrected chi connectivity index (χ0v) is 12.6. The first kappa shape index (κ1) is 13.7. The summed E-state index contributed by atoms with van der Waals surface area (Å²) >= 11 is 0. The monoisotopic (exact) mass is 285 g/mol. The molecule has 0 fully saturated rings. The van der Waals surface area contributed by atoms with E-state index in [1.165, 1.54) is 0 Å². The van der Waals surface area contributed by atoms with Gasteiger partial charge >= 0.3 is 0 Å². The first-order valence-electron chi connectivity index (χ1n) is 7.17. The Kier molecular flexibility index (Phi) is 3.45. The molecule has 1 aliphatic heterocycles. The fraction of sp³-hybridized carbons (Fsp3) is 0.467. The normalized spacial score (nSPS) is 13.8. The molecule has 3 rings (SSSR count). The number of amides is 1. The van der Waals surface area contributed by atoms with Crippen molar-refractivity contribution in [3.05, 3.63) is 41.0 Å². The fourth-order valence-electron chi connectivity index (χ4n) is 2.53. The first-order valence-corrected chi connectivity index (χ1v) is 7.17. The molecular weight excluding hydrogens is 266 g/mol. The standard InChI is InChI=1S/C15H19N5O/c1-9(2)4-13-16-5-11-6-20(7-12(11)19-13)15(21)14-10(3)17-8-18-14/h5,8-9H,4,6-7H2,1-3H3,(H,17,18). The van der Waals surface area contributed by atoms with E-state index in [1.807, 2.05) is 13.1 Å². The average molecular weight is 285 g/mol. The molecule has 0 radical (unpaired) electrons. The van der Waals surface area contributed by atoms with Crippen LogP contribution in [0.5, 0.6) is 0 Å². The predicted molar refractivity (Wildman–Crippen MR) is 77.5 cm³/mol. The molecular formula is C15H19N5O. The van der Waals surface area contributed by atoms with Gasteiger partial charge in [-0.15, -0.1) is 0 Å².